The van der Waals surface area contributed by atoms with E-state index in [0.29, 0.717) is 5.58 Å². The lowest BCUT2D eigenvalue weighted by atomic mass is 10.2. The minimum atomic E-state index is -2.53. The van der Waals surface area contributed by atoms with Crippen molar-refractivity contribution in [1.82, 2.24) is 4.98 Å². The zero-order valence-electron chi connectivity index (χ0n) is 6.30. The molecule has 1 heterocycles. The first-order valence-corrected chi connectivity index (χ1v) is 4.31. The van der Waals surface area contributed by atoms with E-state index in [-0.39, 0.29) is 15.9 Å². The van der Waals surface area contributed by atoms with Crippen LogP contribution in [0.25, 0.3) is 11.1 Å². The molecule has 2 rings (SSSR count). The molecule has 0 amide bonds. The number of rotatable bonds is 1. The summed E-state index contributed by atoms with van der Waals surface area (Å²) >= 11 is 2.99. The van der Waals surface area contributed by atoms with E-state index < -0.39 is 6.43 Å². The Labute approximate surface area is 80.7 Å². The van der Waals surface area contributed by atoms with Gasteiger partial charge >= 0.3 is 0 Å². The Morgan fingerprint density at radius 2 is 2.15 bits per heavy atom. The second-order valence-corrected chi connectivity index (χ2v) is 3.14. The van der Waals surface area contributed by atoms with Crippen molar-refractivity contribution in [3.05, 3.63) is 28.6 Å². The Hall–Kier alpha value is -0.970. The van der Waals surface area contributed by atoms with Gasteiger partial charge in [0.1, 0.15) is 5.52 Å². The number of aromatic nitrogens is 1. The average Bonchev–Trinajstić information content (AvgIpc) is 2.43. The Morgan fingerprint density at radius 1 is 1.38 bits per heavy atom. The van der Waals surface area contributed by atoms with E-state index in [1.54, 1.807) is 6.07 Å². The lowest BCUT2D eigenvalue weighted by Gasteiger charge is -1.97. The van der Waals surface area contributed by atoms with Gasteiger partial charge in [0.05, 0.1) is 0 Å². The van der Waals surface area contributed by atoms with Crippen molar-refractivity contribution >= 4 is 27.0 Å². The summed E-state index contributed by atoms with van der Waals surface area (Å²) in [5.74, 6) is 0. The van der Waals surface area contributed by atoms with E-state index >= 15 is 0 Å². The molecule has 0 fully saturated rings. The first-order valence-electron chi connectivity index (χ1n) is 3.51. The molecule has 0 saturated heterocycles. The van der Waals surface area contributed by atoms with Gasteiger partial charge in [0.2, 0.25) is 0 Å². The summed E-state index contributed by atoms with van der Waals surface area (Å²) < 4.78 is 29.8. The molecule has 0 saturated carbocycles. The summed E-state index contributed by atoms with van der Waals surface area (Å²) in [7, 11) is 0. The molecular weight excluding hydrogens is 244 g/mol. The molecule has 1 aromatic carbocycles. The first-order chi connectivity index (χ1) is 6.18. The summed E-state index contributed by atoms with van der Waals surface area (Å²) in [6.45, 7) is 0. The molecule has 5 heteroatoms. The number of nitrogens with zero attached hydrogens (tertiary/aromatic N) is 1. The van der Waals surface area contributed by atoms with Crippen LogP contribution in [0, 0.1) is 0 Å². The number of oxazole rings is 1. The number of benzene rings is 1. The fraction of sp³-hybridized carbons (Fsp3) is 0.125. The summed E-state index contributed by atoms with van der Waals surface area (Å²) in [5, 5.41) is 0. The average molecular weight is 248 g/mol. The maximum absolute atomic E-state index is 12.4. The highest BCUT2D eigenvalue weighted by atomic mass is 79.9. The van der Waals surface area contributed by atoms with Crippen LogP contribution in [0.4, 0.5) is 8.78 Å². The normalized spacial score (nSPS) is 11.4. The third kappa shape index (κ3) is 1.44. The predicted octanol–water partition coefficient (Wildman–Crippen LogP) is 3.53. The fourth-order valence-corrected chi connectivity index (χ4v) is 1.47. The van der Waals surface area contributed by atoms with E-state index in [2.05, 4.69) is 20.9 Å². The van der Waals surface area contributed by atoms with Gasteiger partial charge in [0.25, 0.3) is 11.2 Å². The zero-order valence-corrected chi connectivity index (χ0v) is 7.88. The molecule has 0 aliphatic rings. The summed E-state index contributed by atoms with van der Waals surface area (Å²) in [6, 6.07) is 4.45. The van der Waals surface area contributed by atoms with Gasteiger partial charge in [-0.05, 0) is 6.07 Å². The van der Waals surface area contributed by atoms with Gasteiger partial charge < -0.3 is 4.42 Å². The van der Waals surface area contributed by atoms with Crippen molar-refractivity contribution in [2.75, 3.05) is 0 Å². The molecule has 0 aliphatic heterocycles. The highest BCUT2D eigenvalue weighted by Gasteiger charge is 2.14. The number of para-hydroxylation sites is 1. The molecule has 2 aromatic rings. The van der Waals surface area contributed by atoms with Crippen molar-refractivity contribution in [2.45, 2.75) is 6.43 Å². The van der Waals surface area contributed by atoms with E-state index in [0.717, 1.165) is 0 Å². The summed E-state index contributed by atoms with van der Waals surface area (Å²) in [5.41, 5.74) is 0.473. The molecule has 0 spiro atoms. The smallest absolute Gasteiger partial charge is 0.266 e. The Morgan fingerprint density at radius 3 is 2.85 bits per heavy atom. The van der Waals surface area contributed by atoms with Gasteiger partial charge in [-0.3, -0.25) is 0 Å². The summed E-state index contributed by atoms with van der Waals surface area (Å²) in [6.07, 6.45) is -2.53. The largest absolute Gasteiger partial charge is 0.431 e. The third-order valence-electron chi connectivity index (χ3n) is 1.66. The maximum atomic E-state index is 12.4. The van der Waals surface area contributed by atoms with Gasteiger partial charge in [0.15, 0.2) is 5.58 Å². The van der Waals surface area contributed by atoms with Crippen molar-refractivity contribution in [3.63, 3.8) is 0 Å². The van der Waals surface area contributed by atoms with Crippen molar-refractivity contribution in [2.24, 2.45) is 0 Å². The van der Waals surface area contributed by atoms with Crippen LogP contribution in [-0.2, 0) is 0 Å². The molecule has 1 aromatic heterocycles. The quantitative estimate of drug-likeness (QED) is 0.771. The van der Waals surface area contributed by atoms with E-state index in [4.69, 9.17) is 4.42 Å². The molecule has 0 N–H and O–H groups in total. The SMILES string of the molecule is FC(F)c1cccc2oc(Br)nc12. The number of halogens is 3. The van der Waals surface area contributed by atoms with Crippen LogP contribution in [0.5, 0.6) is 0 Å². The van der Waals surface area contributed by atoms with Crippen LogP contribution in [0.15, 0.2) is 27.4 Å². The van der Waals surface area contributed by atoms with Crippen LogP contribution in [0.3, 0.4) is 0 Å². The highest BCUT2D eigenvalue weighted by molar-refractivity contribution is 9.10. The lowest BCUT2D eigenvalue weighted by molar-refractivity contribution is 0.153. The van der Waals surface area contributed by atoms with Crippen LogP contribution in [-0.4, -0.2) is 4.98 Å². The molecule has 13 heavy (non-hydrogen) atoms. The second kappa shape index (κ2) is 3.06. The van der Waals surface area contributed by atoms with Crippen molar-refractivity contribution < 1.29 is 13.2 Å². The molecule has 0 radical (unpaired) electrons. The molecule has 68 valence electrons. The molecule has 0 bridgehead atoms. The Bertz CT molecular complexity index is 441. The summed E-state index contributed by atoms with van der Waals surface area (Å²) in [4.78, 5) is 4.02. The van der Waals surface area contributed by atoms with Crippen LogP contribution < -0.4 is 0 Å². The minimum Gasteiger partial charge on any atom is -0.431 e. The molecule has 0 atom stereocenters. The fourth-order valence-electron chi connectivity index (χ4n) is 1.12. The van der Waals surface area contributed by atoms with E-state index in [9.17, 15) is 8.78 Å². The first kappa shape index (κ1) is 8.62. The minimum absolute atomic E-state index is 0.105. The lowest BCUT2D eigenvalue weighted by Crippen LogP contribution is -1.85. The Kier molecular flexibility index (Phi) is 2.03. The standard InChI is InChI=1S/C8H4BrF2NO/c9-8-12-6-4(7(10)11)2-1-3-5(6)13-8/h1-3,7H. The van der Waals surface area contributed by atoms with Crippen LogP contribution in [0.2, 0.25) is 0 Å². The molecular formula is C8H4BrF2NO. The maximum Gasteiger partial charge on any atom is 0.266 e. The number of hydrogen-bond donors (Lipinski definition) is 0. The number of alkyl halides is 2. The topological polar surface area (TPSA) is 26.0 Å². The number of hydrogen-bond acceptors (Lipinski definition) is 2. The van der Waals surface area contributed by atoms with Crippen LogP contribution >= 0.6 is 15.9 Å². The zero-order chi connectivity index (χ0) is 9.42. The van der Waals surface area contributed by atoms with E-state index in [1.807, 2.05) is 0 Å². The van der Waals surface area contributed by atoms with Crippen molar-refractivity contribution in [1.29, 1.82) is 0 Å². The predicted molar refractivity (Wildman–Crippen MR) is 46.7 cm³/mol. The van der Waals surface area contributed by atoms with Gasteiger partial charge in [-0.2, -0.15) is 0 Å². The Balaban J connectivity index is 2.75. The van der Waals surface area contributed by atoms with E-state index in [1.165, 1.54) is 12.1 Å². The van der Waals surface area contributed by atoms with Gasteiger partial charge in [-0.15, -0.1) is 0 Å². The van der Waals surface area contributed by atoms with Gasteiger partial charge in [0, 0.05) is 21.5 Å². The molecule has 0 unspecified atom stereocenters. The highest BCUT2D eigenvalue weighted by Crippen LogP contribution is 2.28. The molecule has 0 aliphatic carbocycles. The van der Waals surface area contributed by atoms with Gasteiger partial charge in [-0.25, -0.2) is 13.8 Å². The third-order valence-corrected chi connectivity index (χ3v) is 2.00. The van der Waals surface area contributed by atoms with Crippen LogP contribution in [0.1, 0.15) is 12.0 Å². The monoisotopic (exact) mass is 247 g/mol. The number of fused-ring (bicyclic) bond motifs is 1. The second-order valence-electron chi connectivity index (χ2n) is 2.46. The van der Waals surface area contributed by atoms with Gasteiger partial charge in [-0.1, -0.05) is 12.1 Å². The van der Waals surface area contributed by atoms with Crippen molar-refractivity contribution in [3.8, 4) is 0 Å². The molecule has 2 nitrogen and oxygen atoms in total.